The van der Waals surface area contributed by atoms with Gasteiger partial charge in [-0.1, -0.05) is 11.6 Å². The number of hydrogen-bond donors (Lipinski definition) is 2. The molecular weight excluding hydrogens is 244 g/mol. The molecule has 5 nitrogen and oxygen atoms in total. The molecule has 1 saturated heterocycles. The molecule has 0 radical (unpaired) electrons. The van der Waals surface area contributed by atoms with Crippen molar-refractivity contribution in [3.05, 3.63) is 28.8 Å². The van der Waals surface area contributed by atoms with Crippen LogP contribution in [0.3, 0.4) is 0 Å². The summed E-state index contributed by atoms with van der Waals surface area (Å²) in [6.45, 7) is 0.00292. The average molecular weight is 255 g/mol. The van der Waals surface area contributed by atoms with E-state index in [4.69, 9.17) is 11.6 Å². The van der Waals surface area contributed by atoms with E-state index in [1.807, 2.05) is 0 Å². The predicted octanol–water partition coefficient (Wildman–Crippen LogP) is 0.295. The molecule has 2 amide bonds. The van der Waals surface area contributed by atoms with Crippen LogP contribution in [0, 0.1) is 0 Å². The minimum absolute atomic E-state index is 0.0976. The van der Waals surface area contributed by atoms with Crippen LogP contribution in [0.15, 0.2) is 18.2 Å². The van der Waals surface area contributed by atoms with Crippen molar-refractivity contribution in [2.24, 2.45) is 0 Å². The Kier molecular flexibility index (Phi) is 3.31. The molecule has 0 spiro atoms. The van der Waals surface area contributed by atoms with Gasteiger partial charge < -0.3 is 10.0 Å². The van der Waals surface area contributed by atoms with Crippen molar-refractivity contribution in [1.82, 2.24) is 5.32 Å². The number of amides is 2. The number of nitrogens with one attached hydrogen (secondary N) is 1. The number of hydrogen-bond acceptors (Lipinski definition) is 4. The van der Waals surface area contributed by atoms with Gasteiger partial charge >= 0.3 is 0 Å². The first-order valence-electron chi connectivity index (χ1n) is 5.07. The van der Waals surface area contributed by atoms with E-state index in [0.29, 0.717) is 16.3 Å². The summed E-state index contributed by atoms with van der Waals surface area (Å²) in [6, 6.07) is 4.97. The molecule has 2 rings (SSSR count). The predicted molar refractivity (Wildman–Crippen MR) is 62.7 cm³/mol. The van der Waals surface area contributed by atoms with Gasteiger partial charge in [0.15, 0.2) is 0 Å². The maximum absolute atomic E-state index is 11.3. The number of rotatable bonds is 2. The topological polar surface area (TPSA) is 69.6 Å². The molecule has 0 unspecified atom stereocenters. The van der Waals surface area contributed by atoms with Crippen LogP contribution in [0.1, 0.15) is 5.56 Å². The van der Waals surface area contributed by atoms with Gasteiger partial charge in [-0.2, -0.15) is 0 Å². The van der Waals surface area contributed by atoms with Crippen LogP contribution in [-0.2, 0) is 16.2 Å². The van der Waals surface area contributed by atoms with Crippen molar-refractivity contribution in [2.45, 2.75) is 6.61 Å². The van der Waals surface area contributed by atoms with Crippen LogP contribution in [0.4, 0.5) is 5.69 Å². The molecule has 0 aromatic heterocycles. The number of piperazine rings is 1. The van der Waals surface area contributed by atoms with Gasteiger partial charge in [-0.3, -0.25) is 14.9 Å². The Hall–Kier alpha value is -1.59. The second-order valence-electron chi connectivity index (χ2n) is 3.76. The molecule has 1 aliphatic rings. The van der Waals surface area contributed by atoms with Gasteiger partial charge in [-0.15, -0.1) is 0 Å². The van der Waals surface area contributed by atoms with E-state index in [1.165, 1.54) is 0 Å². The number of aliphatic hydroxyl groups excluding tert-OH is 1. The first kappa shape index (κ1) is 11.9. The number of nitrogens with zero attached hydrogens (tertiary/aromatic N) is 1. The lowest BCUT2D eigenvalue weighted by molar-refractivity contribution is -0.130. The third-order valence-corrected chi connectivity index (χ3v) is 2.74. The summed E-state index contributed by atoms with van der Waals surface area (Å²) in [5, 5.41) is 12.0. The Bertz CT molecular complexity index is 460. The maximum atomic E-state index is 11.3. The highest BCUT2D eigenvalue weighted by Crippen LogP contribution is 2.24. The zero-order chi connectivity index (χ0) is 12.4. The van der Waals surface area contributed by atoms with Gasteiger partial charge in [0.05, 0.1) is 19.7 Å². The summed E-state index contributed by atoms with van der Waals surface area (Å²) in [4.78, 5) is 24.1. The van der Waals surface area contributed by atoms with Crippen LogP contribution < -0.4 is 10.2 Å². The standard InChI is InChI=1S/C11H11ClN2O3/c12-8-1-2-9(7(3-8)6-15)14-4-10(16)13-11(17)5-14/h1-3,15H,4-6H2,(H,13,16,17). The second kappa shape index (κ2) is 4.73. The third-order valence-electron chi connectivity index (χ3n) is 2.50. The summed E-state index contributed by atoms with van der Waals surface area (Å²) in [7, 11) is 0. The molecule has 1 aromatic rings. The first-order chi connectivity index (χ1) is 8.10. The Labute approximate surface area is 103 Å². The zero-order valence-electron chi connectivity index (χ0n) is 8.94. The van der Waals surface area contributed by atoms with Crippen molar-refractivity contribution in [3.8, 4) is 0 Å². The van der Waals surface area contributed by atoms with Gasteiger partial charge in [0.25, 0.3) is 0 Å². The number of anilines is 1. The van der Waals surface area contributed by atoms with Crippen molar-refractivity contribution in [3.63, 3.8) is 0 Å². The first-order valence-corrected chi connectivity index (χ1v) is 5.45. The highest BCUT2D eigenvalue weighted by atomic mass is 35.5. The summed E-state index contributed by atoms with van der Waals surface area (Å²) in [6.07, 6.45) is 0. The molecule has 0 saturated carbocycles. The van der Waals surface area contributed by atoms with Crippen molar-refractivity contribution < 1.29 is 14.7 Å². The van der Waals surface area contributed by atoms with E-state index >= 15 is 0 Å². The molecule has 0 aliphatic carbocycles. The lowest BCUT2D eigenvalue weighted by atomic mass is 10.1. The Balaban J connectivity index is 2.32. The number of imide groups is 1. The number of carbonyl (C=O) groups is 2. The van der Waals surface area contributed by atoms with Crippen LogP contribution in [0.2, 0.25) is 5.02 Å². The monoisotopic (exact) mass is 254 g/mol. The maximum Gasteiger partial charge on any atom is 0.246 e. The van der Waals surface area contributed by atoms with Crippen LogP contribution >= 0.6 is 11.6 Å². The summed E-state index contributed by atoms with van der Waals surface area (Å²) >= 11 is 5.82. The molecule has 90 valence electrons. The van der Waals surface area contributed by atoms with Gasteiger partial charge in [-0.05, 0) is 18.2 Å². The zero-order valence-corrected chi connectivity index (χ0v) is 9.70. The highest BCUT2D eigenvalue weighted by Gasteiger charge is 2.24. The molecule has 1 aromatic carbocycles. The normalized spacial score (nSPS) is 16.0. The fourth-order valence-corrected chi connectivity index (χ4v) is 1.99. The molecule has 1 fully saturated rings. The molecule has 1 aliphatic heterocycles. The van der Waals surface area contributed by atoms with E-state index < -0.39 is 0 Å². The number of halogens is 1. The average Bonchev–Trinajstić information content (AvgIpc) is 2.27. The fraction of sp³-hybridized carbons (Fsp3) is 0.273. The minimum Gasteiger partial charge on any atom is -0.392 e. The lowest BCUT2D eigenvalue weighted by Crippen LogP contribution is -2.51. The van der Waals surface area contributed by atoms with Crippen LogP contribution in [0.25, 0.3) is 0 Å². The van der Waals surface area contributed by atoms with Crippen molar-refractivity contribution >= 4 is 29.1 Å². The summed E-state index contributed by atoms with van der Waals surface area (Å²) in [5.74, 6) is -0.694. The molecule has 6 heteroatoms. The molecule has 2 N–H and O–H groups in total. The van der Waals surface area contributed by atoms with E-state index in [2.05, 4.69) is 5.32 Å². The van der Waals surface area contributed by atoms with E-state index in [-0.39, 0.29) is 31.5 Å². The van der Waals surface area contributed by atoms with E-state index in [1.54, 1.807) is 23.1 Å². The minimum atomic E-state index is -0.347. The molecule has 1 heterocycles. The highest BCUT2D eigenvalue weighted by molar-refractivity contribution is 6.30. The van der Waals surface area contributed by atoms with Gasteiger partial charge in [-0.25, -0.2) is 0 Å². The van der Waals surface area contributed by atoms with E-state index in [9.17, 15) is 14.7 Å². The molecule has 0 atom stereocenters. The Morgan fingerprint density at radius 3 is 2.53 bits per heavy atom. The molecule has 17 heavy (non-hydrogen) atoms. The van der Waals surface area contributed by atoms with Crippen molar-refractivity contribution in [1.29, 1.82) is 0 Å². The summed E-state index contributed by atoms with van der Waals surface area (Å²) < 4.78 is 0. The van der Waals surface area contributed by atoms with Crippen molar-refractivity contribution in [2.75, 3.05) is 18.0 Å². The van der Waals surface area contributed by atoms with Crippen LogP contribution in [-0.4, -0.2) is 30.0 Å². The molecule has 0 bridgehead atoms. The fourth-order valence-electron chi connectivity index (χ4n) is 1.80. The third kappa shape index (κ3) is 2.57. The second-order valence-corrected chi connectivity index (χ2v) is 4.19. The van der Waals surface area contributed by atoms with Gasteiger partial charge in [0, 0.05) is 16.3 Å². The Morgan fingerprint density at radius 1 is 1.29 bits per heavy atom. The number of benzene rings is 1. The van der Waals surface area contributed by atoms with Gasteiger partial charge in [0.2, 0.25) is 11.8 Å². The quantitative estimate of drug-likeness (QED) is 0.745. The SMILES string of the molecule is O=C1CN(c2ccc(Cl)cc2CO)CC(=O)N1. The van der Waals surface area contributed by atoms with E-state index in [0.717, 1.165) is 0 Å². The number of carbonyl (C=O) groups excluding carboxylic acids is 2. The van der Waals surface area contributed by atoms with Gasteiger partial charge in [0.1, 0.15) is 0 Å². The number of aliphatic hydroxyl groups is 1. The smallest absolute Gasteiger partial charge is 0.246 e. The summed E-state index contributed by atoms with van der Waals surface area (Å²) in [5.41, 5.74) is 1.25. The Morgan fingerprint density at radius 2 is 1.94 bits per heavy atom. The van der Waals surface area contributed by atoms with Crippen LogP contribution in [0.5, 0.6) is 0 Å². The molecular formula is C11H11ClN2O3. The lowest BCUT2D eigenvalue weighted by Gasteiger charge is -2.29. The largest absolute Gasteiger partial charge is 0.392 e.